The first-order valence-corrected chi connectivity index (χ1v) is 14.8. The summed E-state index contributed by atoms with van der Waals surface area (Å²) in [5, 5.41) is 14.8. The van der Waals surface area contributed by atoms with Crippen LogP contribution in [0.1, 0.15) is 66.7 Å². The van der Waals surface area contributed by atoms with Gasteiger partial charge in [-0.15, -0.1) is 0 Å². The predicted molar refractivity (Wildman–Crippen MR) is 146 cm³/mol. The minimum absolute atomic E-state index is 0.175. The van der Waals surface area contributed by atoms with Crippen molar-refractivity contribution in [3.8, 4) is 5.75 Å². The molecule has 6 rings (SSSR count). The Bertz CT molecular complexity index is 1450. The van der Waals surface area contributed by atoms with Crippen molar-refractivity contribution in [1.82, 2.24) is 4.83 Å². The summed E-state index contributed by atoms with van der Waals surface area (Å²) in [6, 6.07) is 23.5. The van der Waals surface area contributed by atoms with E-state index in [1.54, 1.807) is 24.3 Å². The van der Waals surface area contributed by atoms with Crippen molar-refractivity contribution in [3.63, 3.8) is 0 Å². The lowest BCUT2D eigenvalue weighted by molar-refractivity contribution is 0.0772. The highest BCUT2D eigenvalue weighted by Gasteiger charge is 2.57. The molecule has 0 heterocycles. The van der Waals surface area contributed by atoms with Crippen LogP contribution in [0.3, 0.4) is 0 Å². The topological polar surface area (TPSA) is 78.8 Å². The Hall–Kier alpha value is -3.12. The standard InChI is InChI=1S/C31H34N2O3S/c1-20-8-12-24(13-9-20)37(35,36)33-32-29-17-16-28-26-14-10-22-18-23(34)11-15-25(22)30(26)27(19-31(28,29)2)21-6-4-3-5-7-21/h3-9,11-13,15,18,26-28,30,33-34H,10,14,16-17,19H2,1-2H3/b32-29-/t26-,27?,28-,30+,31-/m0/s1. The van der Waals surface area contributed by atoms with Gasteiger partial charge in [0.15, 0.2) is 0 Å². The van der Waals surface area contributed by atoms with Crippen LogP contribution >= 0.6 is 0 Å². The molecule has 3 aliphatic carbocycles. The number of hydrogen-bond donors (Lipinski definition) is 2. The summed E-state index contributed by atoms with van der Waals surface area (Å²) < 4.78 is 26.0. The van der Waals surface area contributed by atoms with E-state index < -0.39 is 10.0 Å². The SMILES string of the molecule is Cc1ccc(S(=O)(=O)N/N=C2/CC[C@H]3[C@@H]4CCc5cc(O)ccc5[C@H]4C(c4ccccc4)C[C@]23C)cc1. The molecule has 192 valence electrons. The zero-order valence-electron chi connectivity index (χ0n) is 21.4. The number of rotatable bonds is 4. The van der Waals surface area contributed by atoms with Gasteiger partial charge in [-0.3, -0.25) is 0 Å². The lowest BCUT2D eigenvalue weighted by atomic mass is 9.51. The number of phenols is 1. The number of nitrogens with zero attached hydrogens (tertiary/aromatic N) is 1. The Morgan fingerprint density at radius 1 is 0.973 bits per heavy atom. The first kappa shape index (κ1) is 24.2. The average molecular weight is 515 g/mol. The zero-order valence-corrected chi connectivity index (χ0v) is 22.2. The number of hydrazone groups is 1. The highest BCUT2D eigenvalue weighted by atomic mass is 32.2. The van der Waals surface area contributed by atoms with E-state index in [-0.39, 0.29) is 10.3 Å². The molecule has 0 bridgehead atoms. The molecule has 0 radical (unpaired) electrons. The molecule has 2 saturated carbocycles. The molecular weight excluding hydrogens is 480 g/mol. The quantitative estimate of drug-likeness (QED) is 0.402. The van der Waals surface area contributed by atoms with Crippen LogP contribution in [0.2, 0.25) is 0 Å². The third kappa shape index (κ3) is 4.15. The Morgan fingerprint density at radius 3 is 2.49 bits per heavy atom. The molecule has 0 amide bonds. The van der Waals surface area contributed by atoms with Crippen LogP contribution < -0.4 is 4.83 Å². The van der Waals surface area contributed by atoms with Gasteiger partial charge in [-0.1, -0.05) is 61.0 Å². The van der Waals surface area contributed by atoms with E-state index in [0.29, 0.717) is 29.4 Å². The number of phenolic OH excluding ortho intramolecular Hbond substituents is 1. The zero-order chi connectivity index (χ0) is 25.8. The molecule has 0 spiro atoms. The van der Waals surface area contributed by atoms with Gasteiger partial charge in [0.1, 0.15) is 5.75 Å². The van der Waals surface area contributed by atoms with E-state index in [0.717, 1.165) is 43.4 Å². The molecule has 37 heavy (non-hydrogen) atoms. The number of aryl methyl sites for hydroxylation is 2. The molecule has 5 nitrogen and oxygen atoms in total. The molecule has 3 aliphatic rings. The molecular formula is C31H34N2O3S. The Morgan fingerprint density at radius 2 is 1.73 bits per heavy atom. The second kappa shape index (κ2) is 9.02. The van der Waals surface area contributed by atoms with Crippen molar-refractivity contribution in [2.45, 2.75) is 62.7 Å². The summed E-state index contributed by atoms with van der Waals surface area (Å²) in [6.07, 6.45) is 4.80. The van der Waals surface area contributed by atoms with Crippen LogP contribution in [0.5, 0.6) is 5.75 Å². The molecule has 6 heteroatoms. The van der Waals surface area contributed by atoms with Crippen LogP contribution in [0.25, 0.3) is 0 Å². The maximum atomic E-state index is 13.0. The van der Waals surface area contributed by atoms with Gasteiger partial charge in [-0.25, -0.2) is 4.83 Å². The van der Waals surface area contributed by atoms with Gasteiger partial charge >= 0.3 is 0 Å². The van der Waals surface area contributed by atoms with E-state index in [1.165, 1.54) is 16.7 Å². The van der Waals surface area contributed by atoms with Gasteiger partial charge in [0, 0.05) is 11.1 Å². The van der Waals surface area contributed by atoms with Crippen LogP contribution in [0, 0.1) is 24.2 Å². The molecule has 3 aromatic carbocycles. The number of hydrogen-bond acceptors (Lipinski definition) is 4. The van der Waals surface area contributed by atoms with Gasteiger partial charge in [-0.05, 0) is 104 Å². The van der Waals surface area contributed by atoms with Gasteiger partial charge in [0.05, 0.1) is 4.90 Å². The third-order valence-corrected chi connectivity index (χ3v) is 10.5. The maximum Gasteiger partial charge on any atom is 0.276 e. The van der Waals surface area contributed by atoms with Crippen molar-refractivity contribution in [1.29, 1.82) is 0 Å². The Labute approximate surface area is 219 Å². The average Bonchev–Trinajstić information content (AvgIpc) is 3.23. The van der Waals surface area contributed by atoms with E-state index >= 15 is 0 Å². The van der Waals surface area contributed by atoms with Gasteiger partial charge in [0.2, 0.25) is 0 Å². The second-order valence-corrected chi connectivity index (χ2v) is 13.0. The van der Waals surface area contributed by atoms with Crippen molar-refractivity contribution in [3.05, 3.63) is 95.1 Å². The lowest BCUT2D eigenvalue weighted by Gasteiger charge is -2.53. The summed E-state index contributed by atoms with van der Waals surface area (Å²) in [5.41, 5.74) is 5.78. The molecule has 5 atom stereocenters. The van der Waals surface area contributed by atoms with E-state index in [4.69, 9.17) is 0 Å². The summed E-state index contributed by atoms with van der Waals surface area (Å²) >= 11 is 0. The first-order chi connectivity index (χ1) is 17.8. The number of nitrogens with one attached hydrogen (secondary N) is 1. The van der Waals surface area contributed by atoms with E-state index in [2.05, 4.69) is 53.3 Å². The van der Waals surface area contributed by atoms with Gasteiger partial charge in [-0.2, -0.15) is 13.5 Å². The van der Waals surface area contributed by atoms with Gasteiger partial charge < -0.3 is 5.11 Å². The predicted octanol–water partition coefficient (Wildman–Crippen LogP) is 6.28. The monoisotopic (exact) mass is 514 g/mol. The minimum atomic E-state index is -3.72. The van der Waals surface area contributed by atoms with Crippen molar-refractivity contribution in [2.24, 2.45) is 22.4 Å². The van der Waals surface area contributed by atoms with Crippen molar-refractivity contribution >= 4 is 15.7 Å². The smallest absolute Gasteiger partial charge is 0.276 e. The van der Waals surface area contributed by atoms with Crippen molar-refractivity contribution in [2.75, 3.05) is 0 Å². The number of benzene rings is 3. The van der Waals surface area contributed by atoms with Crippen LogP contribution in [0.4, 0.5) is 0 Å². The third-order valence-electron chi connectivity index (χ3n) is 9.32. The summed E-state index contributed by atoms with van der Waals surface area (Å²) in [4.78, 5) is 2.81. The Balaban J connectivity index is 1.37. The number of fused-ring (bicyclic) bond motifs is 5. The van der Waals surface area contributed by atoms with Crippen LogP contribution in [-0.4, -0.2) is 19.2 Å². The van der Waals surface area contributed by atoms with E-state index in [1.807, 2.05) is 19.1 Å². The molecule has 3 aromatic rings. The van der Waals surface area contributed by atoms with Crippen LogP contribution in [0.15, 0.2) is 82.8 Å². The fraction of sp³-hybridized carbons (Fsp3) is 0.387. The molecule has 2 fully saturated rings. The molecule has 1 unspecified atom stereocenters. The number of aromatic hydroxyl groups is 1. The lowest BCUT2D eigenvalue weighted by Crippen LogP contribution is -2.46. The summed E-state index contributed by atoms with van der Waals surface area (Å²) in [7, 11) is -3.72. The van der Waals surface area contributed by atoms with Crippen LogP contribution in [-0.2, 0) is 16.4 Å². The molecule has 2 N–H and O–H groups in total. The van der Waals surface area contributed by atoms with Crippen molar-refractivity contribution < 1.29 is 13.5 Å². The fourth-order valence-corrected chi connectivity index (χ4v) is 8.41. The second-order valence-electron chi connectivity index (χ2n) is 11.4. The summed E-state index contributed by atoms with van der Waals surface area (Å²) in [6.45, 7) is 4.25. The fourth-order valence-electron chi connectivity index (χ4n) is 7.58. The normalized spacial score (nSPS) is 29.8. The maximum absolute atomic E-state index is 13.0. The largest absolute Gasteiger partial charge is 0.508 e. The Kier molecular flexibility index (Phi) is 5.90. The highest BCUT2D eigenvalue weighted by Crippen LogP contribution is 2.64. The highest BCUT2D eigenvalue weighted by molar-refractivity contribution is 7.89. The summed E-state index contributed by atoms with van der Waals surface area (Å²) in [5.74, 6) is 1.95. The first-order valence-electron chi connectivity index (χ1n) is 13.3. The minimum Gasteiger partial charge on any atom is -0.508 e. The number of sulfonamides is 1. The molecule has 0 aliphatic heterocycles. The van der Waals surface area contributed by atoms with Gasteiger partial charge in [0.25, 0.3) is 10.0 Å². The molecule has 0 aromatic heterocycles. The van der Waals surface area contributed by atoms with E-state index in [9.17, 15) is 13.5 Å². The molecule has 0 saturated heterocycles.